The van der Waals surface area contributed by atoms with Crippen molar-refractivity contribution in [3.63, 3.8) is 0 Å². The molecule has 31 heavy (non-hydrogen) atoms. The molecule has 2 heterocycles. The highest BCUT2D eigenvalue weighted by molar-refractivity contribution is 9.10. The largest absolute Gasteiger partial charge is 0.493 e. The number of hydrogen-bond acceptors (Lipinski definition) is 7. The normalized spacial score (nSPS) is 14.0. The number of amides is 1. The molecule has 162 valence electrons. The van der Waals surface area contributed by atoms with E-state index in [0.29, 0.717) is 47.8 Å². The molecule has 4 rings (SSSR count). The number of nitrogens with zero attached hydrogens (tertiary/aromatic N) is 3. The highest BCUT2D eigenvalue weighted by Crippen LogP contribution is 2.32. The van der Waals surface area contributed by atoms with Crippen molar-refractivity contribution in [3.8, 4) is 11.5 Å². The molecule has 0 atom stereocenters. The Kier molecular flexibility index (Phi) is 6.47. The lowest BCUT2D eigenvalue weighted by molar-refractivity contribution is -0.143. The number of nitrogens with one attached hydrogen (secondary N) is 1. The molecule has 1 aliphatic heterocycles. The van der Waals surface area contributed by atoms with Gasteiger partial charge < -0.3 is 24.4 Å². The maximum absolute atomic E-state index is 14.1. The first kappa shape index (κ1) is 21.3. The van der Waals surface area contributed by atoms with E-state index >= 15 is 0 Å². The van der Waals surface area contributed by atoms with E-state index in [-0.39, 0.29) is 24.1 Å². The maximum atomic E-state index is 14.1. The van der Waals surface area contributed by atoms with E-state index in [1.807, 2.05) is 0 Å². The molecule has 0 radical (unpaired) electrons. The fraction of sp³-hybridized carbons (Fsp3) is 0.286. The van der Waals surface area contributed by atoms with Crippen molar-refractivity contribution in [1.29, 1.82) is 0 Å². The van der Waals surface area contributed by atoms with E-state index in [1.165, 1.54) is 6.07 Å². The van der Waals surface area contributed by atoms with Crippen molar-refractivity contribution < 1.29 is 23.4 Å². The van der Waals surface area contributed by atoms with Gasteiger partial charge in [-0.05, 0) is 24.3 Å². The molecular formula is C21H20BrFN4O4. The number of hydrogen-bond donors (Lipinski definition) is 1. The summed E-state index contributed by atoms with van der Waals surface area (Å²) >= 11 is 3.23. The third-order valence-corrected chi connectivity index (χ3v) is 5.24. The molecule has 1 aromatic heterocycles. The van der Waals surface area contributed by atoms with Crippen LogP contribution in [0.4, 0.5) is 16.0 Å². The first-order chi connectivity index (χ1) is 15.0. The standard InChI is InChI=1S/C21H20BrFN4O4/c1-29-18-8-13-11-24-21(25-16-3-2-14(22)9-15(16)23)26-17(13)10-19(18)31-7-5-27-4-6-30-12-20(27)28/h2-3,8-11H,4-7,12H2,1H3,(H,24,25,26). The lowest BCUT2D eigenvalue weighted by atomic mass is 10.2. The second-order valence-electron chi connectivity index (χ2n) is 6.79. The zero-order chi connectivity index (χ0) is 21.8. The van der Waals surface area contributed by atoms with E-state index < -0.39 is 5.82 Å². The number of ether oxygens (including phenoxy) is 3. The predicted molar refractivity (Wildman–Crippen MR) is 116 cm³/mol. The fourth-order valence-corrected chi connectivity index (χ4v) is 3.47. The van der Waals surface area contributed by atoms with Gasteiger partial charge in [-0.3, -0.25) is 4.79 Å². The third kappa shape index (κ3) is 5.02. The van der Waals surface area contributed by atoms with Gasteiger partial charge in [-0.2, -0.15) is 0 Å². The summed E-state index contributed by atoms with van der Waals surface area (Å²) in [4.78, 5) is 22.2. The Morgan fingerprint density at radius 1 is 1.29 bits per heavy atom. The van der Waals surface area contributed by atoms with Gasteiger partial charge in [-0.25, -0.2) is 14.4 Å². The molecule has 0 saturated carbocycles. The van der Waals surface area contributed by atoms with Gasteiger partial charge in [-0.15, -0.1) is 0 Å². The van der Waals surface area contributed by atoms with Gasteiger partial charge in [0.2, 0.25) is 11.9 Å². The lowest BCUT2D eigenvalue weighted by Gasteiger charge is -2.26. The monoisotopic (exact) mass is 490 g/mol. The van der Waals surface area contributed by atoms with E-state index in [4.69, 9.17) is 14.2 Å². The van der Waals surface area contributed by atoms with Gasteiger partial charge in [0.25, 0.3) is 0 Å². The topological polar surface area (TPSA) is 85.8 Å². The second kappa shape index (κ2) is 9.44. The average molecular weight is 491 g/mol. The summed E-state index contributed by atoms with van der Waals surface area (Å²) in [5.74, 6) is 0.807. The lowest BCUT2D eigenvalue weighted by Crippen LogP contribution is -2.43. The Bertz CT molecular complexity index is 1110. The number of carbonyl (C=O) groups excluding carboxylic acids is 1. The molecule has 3 aromatic rings. The number of halogens is 2. The molecule has 0 bridgehead atoms. The fourth-order valence-electron chi connectivity index (χ4n) is 3.14. The van der Waals surface area contributed by atoms with Crippen molar-refractivity contribution in [3.05, 3.63) is 46.8 Å². The molecule has 0 unspecified atom stereocenters. The van der Waals surface area contributed by atoms with Crippen LogP contribution in [-0.4, -0.2) is 60.8 Å². The number of benzene rings is 2. The number of anilines is 2. The molecule has 10 heteroatoms. The molecule has 8 nitrogen and oxygen atoms in total. The summed E-state index contributed by atoms with van der Waals surface area (Å²) in [7, 11) is 1.55. The Morgan fingerprint density at radius 3 is 2.94 bits per heavy atom. The van der Waals surface area contributed by atoms with Gasteiger partial charge in [0, 0.05) is 28.7 Å². The van der Waals surface area contributed by atoms with E-state index in [9.17, 15) is 9.18 Å². The van der Waals surface area contributed by atoms with Gasteiger partial charge in [-0.1, -0.05) is 15.9 Å². The zero-order valence-corrected chi connectivity index (χ0v) is 18.3. The Morgan fingerprint density at radius 2 is 2.16 bits per heavy atom. The van der Waals surface area contributed by atoms with Gasteiger partial charge in [0.05, 0.1) is 31.5 Å². The summed E-state index contributed by atoms with van der Waals surface area (Å²) in [6, 6.07) is 8.19. The van der Waals surface area contributed by atoms with E-state index in [2.05, 4.69) is 31.2 Å². The smallest absolute Gasteiger partial charge is 0.248 e. The number of methoxy groups -OCH3 is 1. The minimum atomic E-state index is -0.422. The van der Waals surface area contributed by atoms with Gasteiger partial charge in [0.1, 0.15) is 19.0 Å². The molecule has 0 aliphatic carbocycles. The molecular weight excluding hydrogens is 471 g/mol. The van der Waals surface area contributed by atoms with Gasteiger partial charge >= 0.3 is 0 Å². The Labute approximate surface area is 186 Å². The van der Waals surface area contributed by atoms with Crippen LogP contribution in [0, 0.1) is 5.82 Å². The van der Waals surface area contributed by atoms with Crippen molar-refractivity contribution in [1.82, 2.24) is 14.9 Å². The minimum absolute atomic E-state index is 0.0519. The highest BCUT2D eigenvalue weighted by atomic mass is 79.9. The van der Waals surface area contributed by atoms with Crippen LogP contribution in [-0.2, 0) is 9.53 Å². The van der Waals surface area contributed by atoms with Crippen LogP contribution in [0.5, 0.6) is 11.5 Å². The SMILES string of the molecule is COc1cc2cnc(Nc3ccc(Br)cc3F)nc2cc1OCCN1CCOCC1=O. The van der Waals surface area contributed by atoms with Crippen molar-refractivity contribution in [2.45, 2.75) is 0 Å². The Hall–Kier alpha value is -2.98. The summed E-state index contributed by atoms with van der Waals surface area (Å²) in [5, 5.41) is 3.63. The average Bonchev–Trinajstić information content (AvgIpc) is 2.76. The van der Waals surface area contributed by atoms with Crippen molar-refractivity contribution in [2.24, 2.45) is 0 Å². The minimum Gasteiger partial charge on any atom is -0.493 e. The van der Waals surface area contributed by atoms with Crippen molar-refractivity contribution in [2.75, 3.05) is 45.3 Å². The summed E-state index contributed by atoms with van der Waals surface area (Å²) in [5.41, 5.74) is 0.871. The first-order valence-corrected chi connectivity index (χ1v) is 10.4. The van der Waals surface area contributed by atoms with E-state index in [0.717, 1.165) is 5.39 Å². The Balaban J connectivity index is 1.52. The van der Waals surface area contributed by atoms with Crippen LogP contribution in [0.3, 0.4) is 0 Å². The van der Waals surface area contributed by atoms with E-state index in [1.54, 1.807) is 42.5 Å². The molecule has 1 N–H and O–H groups in total. The zero-order valence-electron chi connectivity index (χ0n) is 16.7. The number of fused-ring (bicyclic) bond motifs is 1. The first-order valence-electron chi connectivity index (χ1n) is 9.58. The maximum Gasteiger partial charge on any atom is 0.248 e. The number of morpholine rings is 1. The molecule has 1 fully saturated rings. The number of aromatic nitrogens is 2. The second-order valence-corrected chi connectivity index (χ2v) is 7.70. The van der Waals surface area contributed by atoms with Crippen LogP contribution in [0.2, 0.25) is 0 Å². The molecule has 1 aliphatic rings. The number of carbonyl (C=O) groups is 1. The number of rotatable bonds is 7. The third-order valence-electron chi connectivity index (χ3n) is 4.75. The summed E-state index contributed by atoms with van der Waals surface area (Å²) in [6.45, 7) is 1.92. The molecule has 1 amide bonds. The van der Waals surface area contributed by atoms with Crippen LogP contribution in [0.15, 0.2) is 41.0 Å². The molecule has 0 spiro atoms. The summed E-state index contributed by atoms with van der Waals surface area (Å²) < 4.78 is 31.2. The summed E-state index contributed by atoms with van der Waals surface area (Å²) in [6.07, 6.45) is 1.63. The van der Waals surface area contributed by atoms with Crippen molar-refractivity contribution >= 4 is 44.4 Å². The predicted octanol–water partition coefficient (Wildman–Crippen LogP) is 3.52. The van der Waals surface area contributed by atoms with Gasteiger partial charge in [0.15, 0.2) is 11.5 Å². The van der Waals surface area contributed by atoms with Crippen LogP contribution in [0.25, 0.3) is 10.9 Å². The van der Waals surface area contributed by atoms with Crippen LogP contribution >= 0.6 is 15.9 Å². The molecule has 2 aromatic carbocycles. The quantitative estimate of drug-likeness (QED) is 0.542. The molecule has 1 saturated heterocycles. The highest BCUT2D eigenvalue weighted by Gasteiger charge is 2.18. The van der Waals surface area contributed by atoms with Crippen LogP contribution in [0.1, 0.15) is 0 Å². The van der Waals surface area contributed by atoms with Crippen LogP contribution < -0.4 is 14.8 Å².